The van der Waals surface area contributed by atoms with E-state index in [4.69, 9.17) is 10.2 Å². The van der Waals surface area contributed by atoms with Crippen LogP contribution in [0.2, 0.25) is 0 Å². The highest BCUT2D eigenvalue weighted by atomic mass is 31.1. The first-order valence-electron chi connectivity index (χ1n) is 1.14. The van der Waals surface area contributed by atoms with Crippen LogP contribution in [-0.2, 0) is 9.13 Å². The van der Waals surface area contributed by atoms with Crippen molar-refractivity contribution in [3.05, 3.63) is 0 Å². The summed E-state index contributed by atoms with van der Waals surface area (Å²) in [4.78, 5) is 0. The Kier molecular flexibility index (Phi) is 2.01. The Bertz CT molecular complexity index is 83.7. The van der Waals surface area contributed by atoms with Crippen LogP contribution in [0, 0.1) is 0 Å². The molecule has 0 amide bonds. The third-order valence-electron chi connectivity index (χ3n) is 0.189. The molecule has 0 rings (SSSR count). The molecule has 0 aromatic heterocycles. The maximum Gasteiger partial charge on any atom is 0.373 e. The van der Waals surface area contributed by atoms with Crippen molar-refractivity contribution in [1.29, 1.82) is 0 Å². The summed E-state index contributed by atoms with van der Waals surface area (Å²) in [5.74, 6) is 0. The zero-order chi connectivity index (χ0) is 5.15. The number of hydrogen-bond donors (Lipinski definition) is 2. The maximum absolute atomic E-state index is 9.24. The fourth-order valence-corrected chi connectivity index (χ4v) is 0. The summed E-state index contributed by atoms with van der Waals surface area (Å²) in [6.07, 6.45) is 0. The monoisotopic (exact) mass is 110 g/mol. The van der Waals surface area contributed by atoms with Crippen molar-refractivity contribution in [1.82, 2.24) is 0 Å². The lowest BCUT2D eigenvalue weighted by atomic mass is 11.5. The summed E-state index contributed by atoms with van der Waals surface area (Å²) in [6.45, 7) is 0. The van der Waals surface area contributed by atoms with Gasteiger partial charge in [0.1, 0.15) is 0 Å². The van der Waals surface area contributed by atoms with E-state index in [1.165, 1.54) is 0 Å². The first kappa shape index (κ1) is 5.82. The number of aliphatic hydroxyl groups is 2. The largest absolute Gasteiger partial charge is 0.373 e. The number of aliphatic hydroxyl groups excluding tert-OH is 1. The number of rotatable bonds is 1. The Morgan fingerprint density at radius 1 is 1.33 bits per heavy atom. The van der Waals surface area contributed by atoms with Crippen LogP contribution in [0.1, 0.15) is 0 Å². The van der Waals surface area contributed by atoms with Gasteiger partial charge in [0, 0.05) is 0 Å². The van der Waals surface area contributed by atoms with Gasteiger partial charge in [-0.15, -0.1) is 0 Å². The summed E-state index contributed by atoms with van der Waals surface area (Å²) in [5.41, 5.74) is 0. The molecule has 0 saturated heterocycles. The molecule has 0 aliphatic carbocycles. The fraction of sp³-hybridized carbons (Fsp3) is 1.00. The van der Waals surface area contributed by atoms with Gasteiger partial charge in [0.05, 0.1) is 0 Å². The molecule has 0 aromatic rings. The minimum absolute atomic E-state index is 2.19. The van der Waals surface area contributed by atoms with Gasteiger partial charge >= 0.3 is 7.68 Å². The van der Waals surface area contributed by atoms with Crippen molar-refractivity contribution < 1.29 is 19.3 Å². The second kappa shape index (κ2) is 2.08. The van der Waals surface area contributed by atoms with E-state index in [0.29, 0.717) is 0 Å². The smallest absolute Gasteiger partial charge is 0.357 e. The van der Waals surface area contributed by atoms with E-state index < -0.39 is 13.7 Å². The first-order chi connectivity index (χ1) is 2.64. The molecule has 0 aliphatic heterocycles. The summed E-state index contributed by atoms with van der Waals surface area (Å²) < 4.78 is 18.5. The molecular weight excluding hydrogens is 107 g/mol. The summed E-state index contributed by atoms with van der Waals surface area (Å²) in [5, 5.41) is 15.2. The van der Waals surface area contributed by atoms with Crippen LogP contribution in [0.25, 0.3) is 0 Å². The first-order valence-corrected chi connectivity index (χ1v) is 2.39. The van der Waals surface area contributed by atoms with Crippen LogP contribution in [0.3, 0.4) is 0 Å². The van der Waals surface area contributed by atoms with E-state index in [9.17, 15) is 9.13 Å². The molecule has 5 heteroatoms. The van der Waals surface area contributed by atoms with Gasteiger partial charge in [-0.05, 0) is 0 Å². The molecule has 36 valence electrons. The molecule has 0 atom stereocenters. The van der Waals surface area contributed by atoms with Crippen molar-refractivity contribution in [3.8, 4) is 0 Å². The summed E-state index contributed by atoms with van der Waals surface area (Å²) in [7, 11) is -3.05. The predicted molar refractivity (Wildman–Crippen MR) is 16.5 cm³/mol. The van der Waals surface area contributed by atoms with Crippen molar-refractivity contribution >= 4 is 7.68 Å². The SMILES string of the molecule is O=P(=O)C(O)O. The molecular formula is CH3O4P. The van der Waals surface area contributed by atoms with Gasteiger partial charge < -0.3 is 10.2 Å². The van der Waals surface area contributed by atoms with Crippen LogP contribution in [-0.4, -0.2) is 16.2 Å². The second-order valence-corrected chi connectivity index (χ2v) is 1.66. The molecule has 0 unspecified atom stereocenters. The lowest BCUT2D eigenvalue weighted by Gasteiger charge is -1.79. The highest BCUT2D eigenvalue weighted by Gasteiger charge is 1.99. The zero-order valence-corrected chi connectivity index (χ0v) is 3.63. The Hall–Kier alpha value is -0.180. The Morgan fingerprint density at radius 3 is 1.50 bits per heavy atom. The van der Waals surface area contributed by atoms with Gasteiger partial charge in [-0.25, -0.2) is 9.13 Å². The highest BCUT2D eigenvalue weighted by Crippen LogP contribution is 2.04. The summed E-state index contributed by atoms with van der Waals surface area (Å²) in [6, 6.07) is -2.19. The van der Waals surface area contributed by atoms with Gasteiger partial charge in [0.25, 0.3) is 6.03 Å². The van der Waals surface area contributed by atoms with E-state index >= 15 is 0 Å². The van der Waals surface area contributed by atoms with E-state index in [2.05, 4.69) is 0 Å². The molecule has 0 fully saturated rings. The average molecular weight is 110 g/mol. The topological polar surface area (TPSA) is 74.6 Å². The quantitative estimate of drug-likeness (QED) is 0.350. The van der Waals surface area contributed by atoms with Crippen molar-refractivity contribution in [2.24, 2.45) is 0 Å². The molecule has 0 aromatic carbocycles. The van der Waals surface area contributed by atoms with Crippen molar-refractivity contribution in [2.75, 3.05) is 0 Å². The molecule has 6 heavy (non-hydrogen) atoms. The Morgan fingerprint density at radius 2 is 1.50 bits per heavy atom. The third-order valence-corrected chi connectivity index (χ3v) is 0.566. The molecule has 0 aliphatic rings. The van der Waals surface area contributed by atoms with E-state index in [0.717, 1.165) is 0 Å². The Balaban J connectivity index is 3.57. The predicted octanol–water partition coefficient (Wildman–Crippen LogP) is -0.573. The van der Waals surface area contributed by atoms with Crippen molar-refractivity contribution in [2.45, 2.75) is 6.03 Å². The van der Waals surface area contributed by atoms with Crippen LogP contribution in [0.4, 0.5) is 0 Å². The van der Waals surface area contributed by atoms with Gasteiger partial charge in [-0.2, -0.15) is 0 Å². The second-order valence-electron chi connectivity index (χ2n) is 0.632. The minimum Gasteiger partial charge on any atom is -0.357 e. The molecule has 2 N–H and O–H groups in total. The summed E-state index contributed by atoms with van der Waals surface area (Å²) >= 11 is 0. The van der Waals surface area contributed by atoms with Gasteiger partial charge in [0.2, 0.25) is 0 Å². The minimum atomic E-state index is -3.05. The van der Waals surface area contributed by atoms with Crippen LogP contribution in [0.15, 0.2) is 0 Å². The van der Waals surface area contributed by atoms with E-state index in [1.54, 1.807) is 0 Å². The molecule has 0 heterocycles. The van der Waals surface area contributed by atoms with Crippen LogP contribution in [0.5, 0.6) is 0 Å². The van der Waals surface area contributed by atoms with Gasteiger partial charge in [-0.1, -0.05) is 0 Å². The molecule has 0 saturated carbocycles. The third kappa shape index (κ3) is 2.08. The average Bonchev–Trinajstić information content (AvgIpc) is 1.36. The molecule has 0 radical (unpaired) electrons. The van der Waals surface area contributed by atoms with Crippen molar-refractivity contribution in [3.63, 3.8) is 0 Å². The van der Waals surface area contributed by atoms with E-state index in [1.807, 2.05) is 0 Å². The van der Waals surface area contributed by atoms with Crippen LogP contribution >= 0.6 is 7.68 Å². The van der Waals surface area contributed by atoms with E-state index in [-0.39, 0.29) is 0 Å². The van der Waals surface area contributed by atoms with Gasteiger partial charge in [0.15, 0.2) is 0 Å². The Labute approximate surface area is 34.2 Å². The van der Waals surface area contributed by atoms with Crippen LogP contribution < -0.4 is 0 Å². The zero-order valence-electron chi connectivity index (χ0n) is 2.74. The fourth-order valence-electron chi connectivity index (χ4n) is 0. The number of hydrogen-bond acceptors (Lipinski definition) is 4. The standard InChI is InChI=1S/CH3O4P/c2-1(3)6(4)5/h1-3H. The van der Waals surface area contributed by atoms with Gasteiger partial charge in [-0.3, -0.25) is 0 Å². The lowest BCUT2D eigenvalue weighted by molar-refractivity contribution is 0.0296. The molecule has 4 nitrogen and oxygen atoms in total. The maximum atomic E-state index is 9.24. The molecule has 0 spiro atoms. The normalized spacial score (nSPS) is 9.17. The highest BCUT2D eigenvalue weighted by molar-refractivity contribution is 7.31. The molecule has 0 bridgehead atoms. The lowest BCUT2D eigenvalue weighted by Crippen LogP contribution is -1.90.